The molecule has 24 heavy (non-hydrogen) atoms. The van der Waals surface area contributed by atoms with E-state index in [1.165, 1.54) is 18.2 Å². The second kappa shape index (κ2) is 8.61. The van der Waals surface area contributed by atoms with Gasteiger partial charge in [-0.3, -0.25) is 24.5 Å². The van der Waals surface area contributed by atoms with Gasteiger partial charge in [0.2, 0.25) is 5.91 Å². The molecule has 2 atom stereocenters. The van der Waals surface area contributed by atoms with Crippen molar-refractivity contribution in [2.24, 2.45) is 11.7 Å². The van der Waals surface area contributed by atoms with Gasteiger partial charge in [0.15, 0.2) is 0 Å². The fourth-order valence-electron chi connectivity index (χ4n) is 1.98. The molecule has 2 amide bonds. The Hall–Kier alpha value is -2.97. The molecule has 0 aromatic heterocycles. The van der Waals surface area contributed by atoms with Crippen LogP contribution >= 0.6 is 0 Å². The van der Waals surface area contributed by atoms with Gasteiger partial charge in [-0.05, 0) is 19.4 Å². The predicted octanol–water partition coefficient (Wildman–Crippen LogP) is 0.768. The third kappa shape index (κ3) is 5.34. The van der Waals surface area contributed by atoms with Crippen molar-refractivity contribution in [2.75, 3.05) is 6.61 Å². The van der Waals surface area contributed by atoms with Crippen LogP contribution in [0.3, 0.4) is 0 Å². The zero-order valence-corrected chi connectivity index (χ0v) is 13.4. The first kappa shape index (κ1) is 19.1. The van der Waals surface area contributed by atoms with E-state index in [4.69, 9.17) is 10.5 Å². The third-order valence-electron chi connectivity index (χ3n) is 3.25. The summed E-state index contributed by atoms with van der Waals surface area (Å²) in [6.45, 7) is 3.40. The van der Waals surface area contributed by atoms with E-state index in [-0.39, 0.29) is 24.3 Å². The van der Waals surface area contributed by atoms with Gasteiger partial charge in [0.1, 0.15) is 6.04 Å². The van der Waals surface area contributed by atoms with Gasteiger partial charge in [-0.2, -0.15) is 0 Å². The number of carbonyl (C=O) groups excluding carboxylic acids is 3. The van der Waals surface area contributed by atoms with Crippen LogP contribution in [0.5, 0.6) is 0 Å². The molecule has 1 rings (SSSR count). The van der Waals surface area contributed by atoms with Crippen LogP contribution in [0.15, 0.2) is 24.3 Å². The Morgan fingerprint density at radius 1 is 1.38 bits per heavy atom. The van der Waals surface area contributed by atoms with Crippen molar-refractivity contribution in [2.45, 2.75) is 26.3 Å². The molecule has 0 aliphatic carbocycles. The van der Waals surface area contributed by atoms with Gasteiger partial charge in [0.25, 0.3) is 11.6 Å². The lowest BCUT2D eigenvalue weighted by molar-refractivity contribution is -0.384. The number of rotatable bonds is 8. The Balaban J connectivity index is 2.83. The summed E-state index contributed by atoms with van der Waals surface area (Å²) in [5, 5.41) is 13.1. The predicted molar refractivity (Wildman–Crippen MR) is 84.0 cm³/mol. The first-order valence-electron chi connectivity index (χ1n) is 7.27. The topological polar surface area (TPSA) is 142 Å². The van der Waals surface area contributed by atoms with Gasteiger partial charge in [-0.25, -0.2) is 0 Å². The van der Waals surface area contributed by atoms with Gasteiger partial charge in [-0.1, -0.05) is 13.0 Å². The number of nitrogens with zero attached hydrogens (tertiary/aromatic N) is 1. The molecule has 9 nitrogen and oxygen atoms in total. The lowest BCUT2D eigenvalue weighted by Crippen LogP contribution is -2.46. The van der Waals surface area contributed by atoms with E-state index in [1.54, 1.807) is 13.8 Å². The number of hydrogen-bond donors (Lipinski definition) is 2. The summed E-state index contributed by atoms with van der Waals surface area (Å²) in [5.41, 5.74) is 5.01. The van der Waals surface area contributed by atoms with Crippen LogP contribution in [-0.2, 0) is 14.3 Å². The zero-order valence-electron chi connectivity index (χ0n) is 13.4. The van der Waals surface area contributed by atoms with Gasteiger partial charge in [0, 0.05) is 17.7 Å². The quantitative estimate of drug-likeness (QED) is 0.407. The summed E-state index contributed by atoms with van der Waals surface area (Å²) in [4.78, 5) is 45.4. The largest absolute Gasteiger partial charge is 0.466 e. The number of ether oxygens (including phenoxy) is 1. The van der Waals surface area contributed by atoms with Gasteiger partial charge in [-0.15, -0.1) is 0 Å². The second-order valence-electron chi connectivity index (χ2n) is 5.12. The van der Waals surface area contributed by atoms with Crippen LogP contribution in [0.1, 0.15) is 30.6 Å². The van der Waals surface area contributed by atoms with Crippen LogP contribution in [0.4, 0.5) is 5.69 Å². The molecular weight excluding hydrogens is 318 g/mol. The lowest BCUT2D eigenvalue weighted by Gasteiger charge is -2.18. The van der Waals surface area contributed by atoms with Crippen molar-refractivity contribution in [1.29, 1.82) is 0 Å². The number of carbonyl (C=O) groups is 3. The molecule has 9 heteroatoms. The molecule has 3 N–H and O–H groups in total. The van der Waals surface area contributed by atoms with E-state index in [1.807, 2.05) is 0 Å². The van der Waals surface area contributed by atoms with Crippen LogP contribution in [0, 0.1) is 16.0 Å². The highest BCUT2D eigenvalue weighted by atomic mass is 16.6. The highest BCUT2D eigenvalue weighted by Gasteiger charge is 2.26. The minimum Gasteiger partial charge on any atom is -0.466 e. The molecule has 0 fully saturated rings. The number of nitro benzene ring substituents is 1. The van der Waals surface area contributed by atoms with Crippen LogP contribution in [0.2, 0.25) is 0 Å². The van der Waals surface area contributed by atoms with Crippen molar-refractivity contribution >= 4 is 23.5 Å². The number of nitro groups is 1. The van der Waals surface area contributed by atoms with E-state index in [2.05, 4.69) is 5.32 Å². The normalized spacial score (nSPS) is 12.8. The molecule has 0 aliphatic rings. The Morgan fingerprint density at radius 2 is 2.04 bits per heavy atom. The van der Waals surface area contributed by atoms with Crippen molar-refractivity contribution in [3.8, 4) is 0 Å². The third-order valence-corrected chi connectivity index (χ3v) is 3.25. The van der Waals surface area contributed by atoms with Crippen LogP contribution < -0.4 is 11.1 Å². The maximum atomic E-state index is 12.2. The molecule has 1 aromatic rings. The average molecular weight is 337 g/mol. The number of hydrogen-bond acceptors (Lipinski definition) is 6. The number of nitrogens with two attached hydrogens (primary N) is 1. The van der Waals surface area contributed by atoms with E-state index in [0.29, 0.717) is 0 Å². The van der Waals surface area contributed by atoms with Crippen LogP contribution in [0.25, 0.3) is 0 Å². The van der Waals surface area contributed by atoms with E-state index < -0.39 is 34.7 Å². The maximum Gasteiger partial charge on any atom is 0.308 e. The van der Waals surface area contributed by atoms with Crippen LogP contribution in [-0.4, -0.2) is 35.4 Å². The monoisotopic (exact) mass is 337 g/mol. The summed E-state index contributed by atoms with van der Waals surface area (Å²) in [5.74, 6) is -2.66. The van der Waals surface area contributed by atoms with Crippen molar-refractivity contribution < 1.29 is 24.0 Å². The Bertz CT molecular complexity index is 646. The molecule has 0 bridgehead atoms. The second-order valence-corrected chi connectivity index (χ2v) is 5.12. The Morgan fingerprint density at radius 3 is 2.58 bits per heavy atom. The van der Waals surface area contributed by atoms with E-state index >= 15 is 0 Å². The molecule has 1 aromatic carbocycles. The molecule has 0 radical (unpaired) electrons. The number of nitrogens with one attached hydrogen (secondary N) is 1. The van der Waals surface area contributed by atoms with Crippen molar-refractivity contribution in [3.63, 3.8) is 0 Å². The standard InChI is InChI=1S/C15H19N3O6/c1-3-24-15(21)9(2)7-12(13(16)19)17-14(20)10-5-4-6-11(8-10)18(22)23/h4-6,8-9,12H,3,7H2,1-2H3,(H2,16,19)(H,17,20)/t9-,12+/m1/s1. The minimum absolute atomic E-state index is 0.0132. The number of esters is 1. The highest BCUT2D eigenvalue weighted by molar-refractivity contribution is 5.97. The maximum absolute atomic E-state index is 12.2. The van der Waals surface area contributed by atoms with Crippen molar-refractivity contribution in [3.05, 3.63) is 39.9 Å². The SMILES string of the molecule is CCOC(=O)[C@H](C)C[C@H](NC(=O)c1cccc([N+](=O)[O-])c1)C(N)=O. The molecule has 0 saturated heterocycles. The fourth-order valence-corrected chi connectivity index (χ4v) is 1.98. The van der Waals surface area contributed by atoms with E-state index in [0.717, 1.165) is 6.07 Å². The Labute approximate surface area is 138 Å². The van der Waals surface area contributed by atoms with Gasteiger partial charge in [0.05, 0.1) is 17.4 Å². The summed E-state index contributed by atoms with van der Waals surface area (Å²) in [6, 6.07) is 3.95. The van der Waals surface area contributed by atoms with E-state index in [9.17, 15) is 24.5 Å². The zero-order chi connectivity index (χ0) is 18.3. The molecule has 0 aliphatic heterocycles. The summed E-state index contributed by atoms with van der Waals surface area (Å²) < 4.78 is 4.84. The highest BCUT2D eigenvalue weighted by Crippen LogP contribution is 2.14. The lowest BCUT2D eigenvalue weighted by atomic mass is 10.0. The van der Waals surface area contributed by atoms with Crippen molar-refractivity contribution in [1.82, 2.24) is 5.32 Å². The molecular formula is C15H19N3O6. The van der Waals surface area contributed by atoms with Gasteiger partial charge >= 0.3 is 5.97 Å². The molecule has 0 heterocycles. The molecule has 0 spiro atoms. The number of primary amides is 1. The Kier molecular flexibility index (Phi) is 6.84. The molecule has 130 valence electrons. The first-order valence-corrected chi connectivity index (χ1v) is 7.27. The summed E-state index contributed by atoms with van der Waals surface area (Å²) in [6.07, 6.45) is -0.0329. The number of non-ortho nitro benzene ring substituents is 1. The summed E-state index contributed by atoms with van der Waals surface area (Å²) in [7, 11) is 0. The number of benzene rings is 1. The fraction of sp³-hybridized carbons (Fsp3) is 0.400. The number of amides is 2. The molecule has 0 saturated carbocycles. The van der Waals surface area contributed by atoms with Gasteiger partial charge < -0.3 is 15.8 Å². The minimum atomic E-state index is -1.10. The first-order chi connectivity index (χ1) is 11.3. The smallest absolute Gasteiger partial charge is 0.308 e. The summed E-state index contributed by atoms with van der Waals surface area (Å²) >= 11 is 0. The molecule has 0 unspecified atom stereocenters. The average Bonchev–Trinajstić information content (AvgIpc) is 2.54.